The highest BCUT2D eigenvalue weighted by molar-refractivity contribution is 6.32. The van der Waals surface area contributed by atoms with Crippen molar-refractivity contribution in [3.63, 3.8) is 0 Å². The highest BCUT2D eigenvalue weighted by atomic mass is 35.5. The second kappa shape index (κ2) is 5.41. The van der Waals surface area contributed by atoms with Crippen LogP contribution in [0.5, 0.6) is 0 Å². The van der Waals surface area contributed by atoms with Crippen LogP contribution in [0.25, 0.3) is 0 Å². The van der Waals surface area contributed by atoms with Gasteiger partial charge in [0, 0.05) is 25.1 Å². The Bertz CT molecular complexity index is 585. The summed E-state index contributed by atoms with van der Waals surface area (Å²) < 4.78 is 0. The summed E-state index contributed by atoms with van der Waals surface area (Å²) in [5, 5.41) is 19.2. The molecule has 0 bridgehead atoms. The molecule has 0 unspecified atom stereocenters. The number of hydrogen-bond acceptors (Lipinski definition) is 5. The van der Waals surface area contributed by atoms with Crippen molar-refractivity contribution in [1.82, 2.24) is 9.88 Å². The van der Waals surface area contributed by atoms with Crippen molar-refractivity contribution in [2.24, 2.45) is 5.92 Å². The van der Waals surface area contributed by atoms with E-state index in [9.17, 15) is 19.7 Å². The molecule has 0 atom stereocenters. The molecule has 1 aromatic rings. The van der Waals surface area contributed by atoms with Crippen LogP contribution in [0.1, 0.15) is 16.8 Å². The normalized spacial score (nSPS) is 14.8. The Kier molecular flexibility index (Phi) is 3.84. The minimum absolute atomic E-state index is 0.00923. The predicted molar refractivity (Wildman–Crippen MR) is 67.5 cm³/mol. The summed E-state index contributed by atoms with van der Waals surface area (Å²) in [4.78, 5) is 37.6. The summed E-state index contributed by atoms with van der Waals surface area (Å²) in [6.07, 6.45) is 0.965. The van der Waals surface area contributed by atoms with Gasteiger partial charge in [0.25, 0.3) is 11.6 Å². The van der Waals surface area contributed by atoms with E-state index in [4.69, 9.17) is 16.7 Å². The molecule has 1 aromatic heterocycles. The molecule has 0 radical (unpaired) electrons. The number of aromatic nitrogens is 1. The van der Waals surface area contributed by atoms with E-state index < -0.39 is 16.8 Å². The third kappa shape index (κ3) is 2.85. The molecular weight excluding hydrogens is 290 g/mol. The lowest BCUT2D eigenvalue weighted by Gasteiger charge is -2.38. The van der Waals surface area contributed by atoms with Crippen LogP contribution in [0.3, 0.4) is 0 Å². The van der Waals surface area contributed by atoms with Crippen molar-refractivity contribution < 1.29 is 19.6 Å². The average molecular weight is 300 g/mol. The summed E-state index contributed by atoms with van der Waals surface area (Å²) in [6, 6.07) is 1.07. The molecule has 0 saturated carbocycles. The Hall–Kier alpha value is -2.22. The maximum Gasteiger partial charge on any atom is 0.303 e. The molecule has 1 aliphatic rings. The second-order valence-electron chi connectivity index (χ2n) is 4.46. The van der Waals surface area contributed by atoms with Crippen molar-refractivity contribution >= 4 is 29.2 Å². The lowest BCUT2D eigenvalue weighted by atomic mass is 9.95. The SMILES string of the molecule is O=C(O)CC1CN(C(=O)c2cc([N+](=O)[O-])cnc2Cl)C1. The highest BCUT2D eigenvalue weighted by Gasteiger charge is 2.34. The largest absolute Gasteiger partial charge is 0.481 e. The molecule has 0 aromatic carbocycles. The van der Waals surface area contributed by atoms with Crippen LogP contribution in [-0.2, 0) is 4.79 Å². The van der Waals surface area contributed by atoms with Gasteiger partial charge < -0.3 is 10.0 Å². The zero-order valence-corrected chi connectivity index (χ0v) is 10.9. The van der Waals surface area contributed by atoms with Crippen LogP contribution >= 0.6 is 11.6 Å². The van der Waals surface area contributed by atoms with Crippen molar-refractivity contribution in [2.45, 2.75) is 6.42 Å². The maximum absolute atomic E-state index is 12.1. The van der Waals surface area contributed by atoms with E-state index in [-0.39, 0.29) is 28.7 Å². The van der Waals surface area contributed by atoms with E-state index in [2.05, 4.69) is 4.98 Å². The first-order valence-corrected chi connectivity index (χ1v) is 6.07. The minimum atomic E-state index is -0.919. The van der Waals surface area contributed by atoms with E-state index in [1.54, 1.807) is 0 Å². The van der Waals surface area contributed by atoms with Gasteiger partial charge in [0.05, 0.1) is 16.9 Å². The van der Waals surface area contributed by atoms with Gasteiger partial charge in [0.2, 0.25) is 0 Å². The molecule has 8 nitrogen and oxygen atoms in total. The van der Waals surface area contributed by atoms with Gasteiger partial charge in [-0.3, -0.25) is 19.7 Å². The number of pyridine rings is 1. The second-order valence-corrected chi connectivity index (χ2v) is 4.82. The fourth-order valence-electron chi connectivity index (χ4n) is 1.97. The number of likely N-dealkylation sites (tertiary alicyclic amines) is 1. The van der Waals surface area contributed by atoms with Gasteiger partial charge in [-0.15, -0.1) is 0 Å². The standard InChI is InChI=1S/C11H10ClN3O5/c12-10-8(2-7(3-13-10)15(19)20)11(18)14-4-6(5-14)1-9(16)17/h2-3,6H,1,4-5H2,(H,16,17). The molecule has 2 rings (SSSR count). The Morgan fingerprint density at radius 3 is 2.75 bits per heavy atom. The Morgan fingerprint density at radius 1 is 1.55 bits per heavy atom. The van der Waals surface area contributed by atoms with E-state index in [0.717, 1.165) is 12.3 Å². The van der Waals surface area contributed by atoms with Crippen LogP contribution in [0.4, 0.5) is 5.69 Å². The first-order valence-electron chi connectivity index (χ1n) is 5.69. The molecule has 1 amide bonds. The van der Waals surface area contributed by atoms with Crippen LogP contribution in [-0.4, -0.2) is 44.9 Å². The quantitative estimate of drug-likeness (QED) is 0.507. The number of rotatable bonds is 4. The molecular formula is C11H10ClN3O5. The van der Waals surface area contributed by atoms with E-state index in [1.165, 1.54) is 4.90 Å². The monoisotopic (exact) mass is 299 g/mol. The number of halogens is 1. The number of carbonyl (C=O) groups is 2. The molecule has 20 heavy (non-hydrogen) atoms. The van der Waals surface area contributed by atoms with Gasteiger partial charge >= 0.3 is 5.97 Å². The Labute approximate surface area is 118 Å². The van der Waals surface area contributed by atoms with Gasteiger partial charge in [-0.2, -0.15) is 0 Å². The molecule has 1 fully saturated rings. The zero-order chi connectivity index (χ0) is 14.9. The fraction of sp³-hybridized carbons (Fsp3) is 0.364. The third-order valence-electron chi connectivity index (χ3n) is 2.97. The van der Waals surface area contributed by atoms with Crippen LogP contribution in [0.15, 0.2) is 12.3 Å². The van der Waals surface area contributed by atoms with E-state index >= 15 is 0 Å². The first kappa shape index (κ1) is 14.2. The molecule has 2 heterocycles. The number of aliphatic carboxylic acids is 1. The summed E-state index contributed by atoms with van der Waals surface area (Å²) in [5.41, 5.74) is -0.366. The molecule has 1 saturated heterocycles. The summed E-state index contributed by atoms with van der Waals surface area (Å²) >= 11 is 5.77. The first-order chi connectivity index (χ1) is 9.38. The van der Waals surface area contributed by atoms with Gasteiger partial charge in [0.1, 0.15) is 11.3 Å². The Balaban J connectivity index is 2.09. The lowest BCUT2D eigenvalue weighted by Crippen LogP contribution is -2.50. The molecule has 0 spiro atoms. The third-order valence-corrected chi connectivity index (χ3v) is 3.27. The number of carboxylic acid groups (broad SMARTS) is 1. The lowest BCUT2D eigenvalue weighted by molar-refractivity contribution is -0.385. The summed E-state index contributed by atoms with van der Waals surface area (Å²) in [5.74, 6) is -1.49. The van der Waals surface area contributed by atoms with Crippen LogP contribution in [0, 0.1) is 16.0 Å². The van der Waals surface area contributed by atoms with Gasteiger partial charge in [-0.1, -0.05) is 11.6 Å². The van der Waals surface area contributed by atoms with Crippen molar-refractivity contribution in [3.8, 4) is 0 Å². The number of amides is 1. The molecule has 1 aliphatic heterocycles. The number of hydrogen-bond donors (Lipinski definition) is 1. The highest BCUT2D eigenvalue weighted by Crippen LogP contribution is 2.25. The molecule has 9 heteroatoms. The predicted octanol–water partition coefficient (Wildman–Crippen LogP) is 1.19. The molecule has 0 aliphatic carbocycles. The number of nitro groups is 1. The smallest absolute Gasteiger partial charge is 0.303 e. The van der Waals surface area contributed by atoms with Gasteiger partial charge in [-0.05, 0) is 0 Å². The van der Waals surface area contributed by atoms with Crippen LogP contribution in [0.2, 0.25) is 5.15 Å². The number of carboxylic acids is 1. The minimum Gasteiger partial charge on any atom is -0.481 e. The van der Waals surface area contributed by atoms with Crippen molar-refractivity contribution in [1.29, 1.82) is 0 Å². The maximum atomic E-state index is 12.1. The Morgan fingerprint density at radius 2 is 2.20 bits per heavy atom. The topological polar surface area (TPSA) is 114 Å². The number of carbonyl (C=O) groups excluding carboxylic acids is 1. The summed E-state index contributed by atoms with van der Waals surface area (Å²) in [7, 11) is 0. The van der Waals surface area contributed by atoms with Crippen LogP contribution < -0.4 is 0 Å². The summed E-state index contributed by atoms with van der Waals surface area (Å²) in [6.45, 7) is 0.592. The van der Waals surface area contributed by atoms with Gasteiger partial charge in [-0.25, -0.2) is 4.98 Å². The average Bonchev–Trinajstić information content (AvgIpc) is 2.32. The molecule has 106 valence electrons. The van der Waals surface area contributed by atoms with Gasteiger partial charge in [0.15, 0.2) is 0 Å². The fourth-order valence-corrected chi connectivity index (χ4v) is 2.15. The number of nitrogens with zero attached hydrogens (tertiary/aromatic N) is 3. The van der Waals surface area contributed by atoms with Crippen molar-refractivity contribution in [3.05, 3.63) is 33.1 Å². The van der Waals surface area contributed by atoms with Crippen molar-refractivity contribution in [2.75, 3.05) is 13.1 Å². The molecule has 1 N–H and O–H groups in total. The van der Waals surface area contributed by atoms with E-state index in [0.29, 0.717) is 13.1 Å². The zero-order valence-electron chi connectivity index (χ0n) is 10.2. The van der Waals surface area contributed by atoms with E-state index in [1.807, 2.05) is 0 Å².